The quantitative estimate of drug-likeness (QED) is 0.838. The van der Waals surface area contributed by atoms with Crippen molar-refractivity contribution in [2.75, 3.05) is 0 Å². The number of hydrogen-bond donors (Lipinski definition) is 2. The molecule has 1 amide bonds. The molecule has 2 atom stereocenters. The second kappa shape index (κ2) is 5.35. The number of carboxylic acids is 1. The molecule has 2 N–H and O–H groups in total. The summed E-state index contributed by atoms with van der Waals surface area (Å²) in [5.41, 5.74) is -0.963. The highest BCUT2D eigenvalue weighted by molar-refractivity contribution is 5.80. The number of amides is 1. The van der Waals surface area contributed by atoms with Crippen LogP contribution in [0.1, 0.15) is 52.9 Å². The van der Waals surface area contributed by atoms with Gasteiger partial charge in [0, 0.05) is 6.42 Å². The van der Waals surface area contributed by atoms with Crippen molar-refractivity contribution in [3.8, 4) is 0 Å². The van der Waals surface area contributed by atoms with E-state index in [-0.39, 0.29) is 18.3 Å². The number of ether oxygens (including phenoxy) is 1. The molecule has 1 spiro atoms. The lowest BCUT2D eigenvalue weighted by Gasteiger charge is -2.39. The number of alkyl carbamates (subject to hydrolysis) is 1. The Morgan fingerprint density at radius 2 is 1.77 bits per heavy atom. The lowest BCUT2D eigenvalue weighted by Crippen LogP contribution is -2.54. The maximum atomic E-state index is 14.2. The second-order valence-electron chi connectivity index (χ2n) is 7.53. The van der Waals surface area contributed by atoms with Crippen LogP contribution in [0.2, 0.25) is 0 Å². The van der Waals surface area contributed by atoms with E-state index in [2.05, 4.69) is 5.32 Å². The van der Waals surface area contributed by atoms with Crippen molar-refractivity contribution >= 4 is 12.1 Å². The average molecular weight is 319 g/mol. The first-order valence-electron chi connectivity index (χ1n) is 7.54. The largest absolute Gasteiger partial charge is 0.480 e. The van der Waals surface area contributed by atoms with Crippen LogP contribution in [0.4, 0.5) is 13.6 Å². The molecule has 22 heavy (non-hydrogen) atoms. The minimum atomic E-state index is -3.09. The van der Waals surface area contributed by atoms with Crippen molar-refractivity contribution in [2.24, 2.45) is 11.3 Å². The van der Waals surface area contributed by atoms with E-state index in [9.17, 15) is 23.5 Å². The van der Waals surface area contributed by atoms with Gasteiger partial charge in [0.1, 0.15) is 11.6 Å². The van der Waals surface area contributed by atoms with Gasteiger partial charge in [-0.2, -0.15) is 0 Å². The first-order valence-corrected chi connectivity index (χ1v) is 7.54. The number of carboxylic acid groups (broad SMARTS) is 1. The van der Waals surface area contributed by atoms with E-state index >= 15 is 0 Å². The molecule has 0 heterocycles. The molecular formula is C15H23F2NO4. The molecule has 2 aliphatic carbocycles. The molecule has 126 valence electrons. The Balaban J connectivity index is 2.12. The molecule has 0 aromatic rings. The third-order valence-corrected chi connectivity index (χ3v) is 4.48. The molecule has 2 saturated carbocycles. The van der Waals surface area contributed by atoms with E-state index < -0.39 is 35.5 Å². The van der Waals surface area contributed by atoms with Crippen LogP contribution in [0.15, 0.2) is 0 Å². The minimum Gasteiger partial charge on any atom is -0.480 e. The minimum absolute atomic E-state index is 0.132. The summed E-state index contributed by atoms with van der Waals surface area (Å²) in [6.45, 7) is 4.87. The van der Waals surface area contributed by atoms with Crippen LogP contribution in [0.3, 0.4) is 0 Å². The number of aliphatic carboxylic acids is 1. The zero-order chi connectivity index (χ0) is 16.8. The van der Waals surface area contributed by atoms with Crippen molar-refractivity contribution < 1.29 is 28.2 Å². The Morgan fingerprint density at radius 3 is 2.23 bits per heavy atom. The summed E-state index contributed by atoms with van der Waals surface area (Å²) in [6.07, 6.45) is 0.974. The number of alkyl halides is 2. The van der Waals surface area contributed by atoms with Gasteiger partial charge in [-0.1, -0.05) is 0 Å². The standard InChI is InChI=1S/C15H23F2NO4/c1-13(2,3)22-12(21)18-10(11(19)20)9-8-14(4-5-14)6-7-15(9,16)17/h9-10H,4-8H2,1-3H3,(H,18,21)(H,19,20)/t9-,10-/m0/s1. The van der Waals surface area contributed by atoms with Crippen LogP contribution in [-0.2, 0) is 9.53 Å². The summed E-state index contributed by atoms with van der Waals surface area (Å²) in [7, 11) is 0. The molecule has 0 aliphatic heterocycles. The van der Waals surface area contributed by atoms with Crippen molar-refractivity contribution in [3.05, 3.63) is 0 Å². The zero-order valence-corrected chi connectivity index (χ0v) is 13.1. The Bertz CT molecular complexity index is 469. The molecule has 7 heteroatoms. The Hall–Kier alpha value is -1.40. The van der Waals surface area contributed by atoms with Crippen molar-refractivity contribution in [1.82, 2.24) is 5.32 Å². The SMILES string of the molecule is CC(C)(C)OC(=O)N[C@H](C(=O)O)[C@@H]1CC2(CC2)CCC1(F)F. The lowest BCUT2D eigenvalue weighted by molar-refractivity contribution is -0.154. The normalized spacial score (nSPS) is 27.0. The number of halogens is 2. The molecule has 0 unspecified atom stereocenters. The van der Waals surface area contributed by atoms with Gasteiger partial charge in [0.15, 0.2) is 0 Å². The van der Waals surface area contributed by atoms with Gasteiger partial charge < -0.3 is 15.2 Å². The topological polar surface area (TPSA) is 75.6 Å². The van der Waals surface area contributed by atoms with E-state index in [4.69, 9.17) is 4.74 Å². The first kappa shape index (κ1) is 17.0. The predicted molar refractivity (Wildman–Crippen MR) is 74.7 cm³/mol. The van der Waals surface area contributed by atoms with Gasteiger partial charge in [-0.25, -0.2) is 18.4 Å². The van der Waals surface area contributed by atoms with E-state index in [0.29, 0.717) is 6.42 Å². The number of nitrogens with one attached hydrogen (secondary N) is 1. The van der Waals surface area contributed by atoms with Crippen LogP contribution >= 0.6 is 0 Å². The molecule has 0 saturated heterocycles. The van der Waals surface area contributed by atoms with Gasteiger partial charge >= 0.3 is 12.1 Å². The maximum absolute atomic E-state index is 14.2. The van der Waals surface area contributed by atoms with Gasteiger partial charge in [0.2, 0.25) is 0 Å². The fraction of sp³-hybridized carbons (Fsp3) is 0.867. The zero-order valence-electron chi connectivity index (χ0n) is 13.1. The second-order valence-corrected chi connectivity index (χ2v) is 7.53. The Morgan fingerprint density at radius 1 is 1.23 bits per heavy atom. The van der Waals surface area contributed by atoms with Gasteiger partial charge in [0.25, 0.3) is 5.92 Å². The smallest absolute Gasteiger partial charge is 0.408 e. The number of rotatable bonds is 3. The Kier molecular flexibility index (Phi) is 4.13. The van der Waals surface area contributed by atoms with Gasteiger partial charge in [-0.15, -0.1) is 0 Å². The molecule has 0 bridgehead atoms. The molecule has 2 aliphatic rings. The van der Waals surface area contributed by atoms with E-state index in [1.54, 1.807) is 20.8 Å². The summed E-state index contributed by atoms with van der Waals surface area (Å²) in [6, 6.07) is -1.64. The summed E-state index contributed by atoms with van der Waals surface area (Å²) < 4.78 is 33.4. The molecule has 0 aromatic carbocycles. The van der Waals surface area contributed by atoms with E-state index in [1.165, 1.54) is 0 Å². The number of hydrogen-bond acceptors (Lipinski definition) is 3. The summed E-state index contributed by atoms with van der Waals surface area (Å²) >= 11 is 0. The fourth-order valence-electron chi connectivity index (χ4n) is 3.10. The summed E-state index contributed by atoms with van der Waals surface area (Å²) in [5.74, 6) is -5.94. The first-order chi connectivity index (χ1) is 9.94. The monoisotopic (exact) mass is 319 g/mol. The molecule has 0 aromatic heterocycles. The Labute approximate surface area is 128 Å². The van der Waals surface area contributed by atoms with Crippen LogP contribution in [0.25, 0.3) is 0 Å². The van der Waals surface area contributed by atoms with Crippen molar-refractivity contribution in [3.63, 3.8) is 0 Å². The molecule has 2 fully saturated rings. The van der Waals surface area contributed by atoms with Crippen LogP contribution < -0.4 is 5.32 Å². The predicted octanol–water partition coefficient (Wildman–Crippen LogP) is 3.18. The van der Waals surface area contributed by atoms with Gasteiger partial charge in [-0.05, 0) is 51.9 Å². The fourth-order valence-corrected chi connectivity index (χ4v) is 3.10. The molecule has 0 radical (unpaired) electrons. The van der Waals surface area contributed by atoms with Crippen LogP contribution in [-0.4, -0.2) is 34.7 Å². The summed E-state index contributed by atoms with van der Waals surface area (Å²) in [5, 5.41) is 11.4. The van der Waals surface area contributed by atoms with Crippen LogP contribution in [0, 0.1) is 11.3 Å². The maximum Gasteiger partial charge on any atom is 0.408 e. The van der Waals surface area contributed by atoms with E-state index in [1.807, 2.05) is 0 Å². The average Bonchev–Trinajstić information content (AvgIpc) is 3.08. The van der Waals surface area contributed by atoms with Crippen molar-refractivity contribution in [2.45, 2.75) is 70.4 Å². The number of carbonyl (C=O) groups excluding carboxylic acids is 1. The molecular weight excluding hydrogens is 296 g/mol. The molecule has 5 nitrogen and oxygen atoms in total. The van der Waals surface area contributed by atoms with Gasteiger partial charge in [0.05, 0.1) is 5.92 Å². The molecule has 2 rings (SSSR count). The summed E-state index contributed by atoms with van der Waals surface area (Å²) in [4.78, 5) is 23.2. The lowest BCUT2D eigenvalue weighted by atomic mass is 9.73. The highest BCUT2D eigenvalue weighted by atomic mass is 19.3. The third-order valence-electron chi connectivity index (χ3n) is 4.48. The van der Waals surface area contributed by atoms with E-state index in [0.717, 1.165) is 12.8 Å². The van der Waals surface area contributed by atoms with Crippen LogP contribution in [0.5, 0.6) is 0 Å². The number of carbonyl (C=O) groups is 2. The third kappa shape index (κ3) is 3.87. The van der Waals surface area contributed by atoms with Crippen molar-refractivity contribution in [1.29, 1.82) is 0 Å². The highest BCUT2D eigenvalue weighted by Crippen LogP contribution is 2.61. The van der Waals surface area contributed by atoms with Gasteiger partial charge in [-0.3, -0.25) is 0 Å². The highest BCUT2D eigenvalue weighted by Gasteiger charge is 2.59.